The fraction of sp³-hybridized carbons (Fsp3) is 0.682. The number of hydrogen-bond acceptors (Lipinski definition) is 4. The van der Waals surface area contributed by atoms with E-state index in [1.54, 1.807) is 0 Å². The van der Waals surface area contributed by atoms with Crippen LogP contribution in [0, 0.1) is 11.3 Å². The van der Waals surface area contributed by atoms with Crippen LogP contribution in [0.5, 0.6) is 0 Å². The lowest BCUT2D eigenvalue weighted by Gasteiger charge is -2.32. The van der Waals surface area contributed by atoms with Crippen molar-refractivity contribution in [2.75, 3.05) is 13.1 Å². The fourth-order valence-electron chi connectivity index (χ4n) is 4.24. The first-order chi connectivity index (χ1) is 12.7. The lowest BCUT2D eigenvalue weighted by atomic mass is 9.67. The number of benzene rings is 1. The summed E-state index contributed by atoms with van der Waals surface area (Å²) < 4.78 is 12.5. The zero-order chi connectivity index (χ0) is 19.3. The third-order valence-electron chi connectivity index (χ3n) is 7.17. The van der Waals surface area contributed by atoms with E-state index in [4.69, 9.17) is 9.31 Å². The van der Waals surface area contributed by atoms with Crippen molar-refractivity contribution in [1.82, 2.24) is 4.90 Å². The van der Waals surface area contributed by atoms with E-state index in [-0.39, 0.29) is 23.7 Å². The van der Waals surface area contributed by atoms with Gasteiger partial charge in [0, 0.05) is 6.54 Å². The number of rotatable bonds is 4. The van der Waals surface area contributed by atoms with Crippen molar-refractivity contribution < 1.29 is 9.31 Å². The van der Waals surface area contributed by atoms with Gasteiger partial charge in [0.1, 0.15) is 0 Å². The molecule has 0 unspecified atom stereocenters. The van der Waals surface area contributed by atoms with E-state index < -0.39 is 0 Å². The van der Waals surface area contributed by atoms with E-state index in [9.17, 15) is 5.26 Å². The molecular weight excluding hydrogens is 335 g/mol. The minimum absolute atomic E-state index is 0.0721. The molecule has 2 saturated heterocycles. The summed E-state index contributed by atoms with van der Waals surface area (Å²) in [7, 11) is -0.0721. The summed E-state index contributed by atoms with van der Waals surface area (Å²) in [4.78, 5) is 2.52. The summed E-state index contributed by atoms with van der Waals surface area (Å²) in [5, 5.41) is 9.34. The lowest BCUT2D eigenvalue weighted by Crippen LogP contribution is -2.41. The van der Waals surface area contributed by atoms with Crippen LogP contribution >= 0.6 is 0 Å². The Morgan fingerprint density at radius 3 is 2.07 bits per heavy atom. The molecule has 1 aliphatic carbocycles. The second kappa shape index (κ2) is 6.62. The second-order valence-corrected chi connectivity index (χ2v) is 9.63. The molecule has 5 heteroatoms. The Morgan fingerprint density at radius 1 is 1.04 bits per heavy atom. The van der Waals surface area contributed by atoms with Gasteiger partial charge in [0.2, 0.25) is 0 Å². The predicted octanol–water partition coefficient (Wildman–Crippen LogP) is 4.30. The number of piperidine rings is 1. The number of likely N-dealkylation sites (tertiary alicyclic amines) is 1. The first-order valence-electron chi connectivity index (χ1n) is 10.3. The lowest BCUT2D eigenvalue weighted by molar-refractivity contribution is 0.00578. The zero-order valence-electron chi connectivity index (χ0n) is 17.1. The Morgan fingerprint density at radius 2 is 1.59 bits per heavy atom. The molecule has 1 aromatic carbocycles. The largest absolute Gasteiger partial charge is 0.461 e. The smallest absolute Gasteiger partial charge is 0.403 e. The van der Waals surface area contributed by atoms with Gasteiger partial charge in [-0.2, -0.15) is 5.26 Å². The first kappa shape index (κ1) is 19.0. The van der Waals surface area contributed by atoms with Crippen molar-refractivity contribution in [3.8, 4) is 6.07 Å². The minimum Gasteiger partial charge on any atom is -0.403 e. The fourth-order valence-corrected chi connectivity index (χ4v) is 4.24. The van der Waals surface area contributed by atoms with Gasteiger partial charge < -0.3 is 9.31 Å². The van der Waals surface area contributed by atoms with E-state index in [2.05, 4.69) is 62.9 Å². The van der Waals surface area contributed by atoms with Crippen LogP contribution in [0.25, 0.3) is 0 Å². The van der Waals surface area contributed by atoms with Crippen molar-refractivity contribution >= 4 is 7.12 Å². The molecule has 0 atom stereocenters. The second-order valence-electron chi connectivity index (χ2n) is 9.63. The standard InChI is InChI=1S/C22H31BN2O2/c1-20(2)21(3,4)27-23(26-20)19-9-13-25(14-10-19)15-17-5-7-18(8-6-17)22(16-24)11-12-22/h5-8,19H,9-15H2,1-4H3. The van der Waals surface area contributed by atoms with Crippen LogP contribution in [-0.4, -0.2) is 36.3 Å². The molecule has 1 aromatic rings. The molecule has 3 aliphatic rings. The van der Waals surface area contributed by atoms with E-state index in [1.165, 1.54) is 11.1 Å². The van der Waals surface area contributed by atoms with Crippen LogP contribution in [0.3, 0.4) is 0 Å². The molecule has 4 rings (SSSR count). The van der Waals surface area contributed by atoms with Crippen LogP contribution in [0.1, 0.15) is 64.5 Å². The van der Waals surface area contributed by atoms with E-state index in [0.29, 0.717) is 5.82 Å². The monoisotopic (exact) mass is 366 g/mol. The van der Waals surface area contributed by atoms with Gasteiger partial charge in [0.15, 0.2) is 0 Å². The highest BCUT2D eigenvalue weighted by molar-refractivity contribution is 6.47. The number of nitrogens with zero attached hydrogens (tertiary/aromatic N) is 2. The molecule has 0 spiro atoms. The normalized spacial score (nSPS) is 26.7. The summed E-state index contributed by atoms with van der Waals surface area (Å²) in [5.74, 6) is 0.482. The Kier molecular flexibility index (Phi) is 4.66. The van der Waals surface area contributed by atoms with Gasteiger partial charge in [-0.1, -0.05) is 24.3 Å². The highest BCUT2D eigenvalue weighted by Gasteiger charge is 2.53. The molecule has 1 saturated carbocycles. The maximum absolute atomic E-state index is 9.34. The molecule has 0 bridgehead atoms. The highest BCUT2D eigenvalue weighted by atomic mass is 16.7. The topological polar surface area (TPSA) is 45.5 Å². The molecule has 144 valence electrons. The molecule has 2 aliphatic heterocycles. The third kappa shape index (κ3) is 3.56. The molecule has 0 aromatic heterocycles. The highest BCUT2D eigenvalue weighted by Crippen LogP contribution is 2.47. The summed E-state index contributed by atoms with van der Waals surface area (Å²) in [6.45, 7) is 11.7. The van der Waals surface area contributed by atoms with E-state index in [1.807, 2.05) is 0 Å². The van der Waals surface area contributed by atoms with Gasteiger partial charge in [-0.05, 0) is 83.4 Å². The Bertz CT molecular complexity index is 710. The number of hydrogen-bond donors (Lipinski definition) is 0. The van der Waals surface area contributed by atoms with Crippen molar-refractivity contribution in [1.29, 1.82) is 5.26 Å². The van der Waals surface area contributed by atoms with Crippen molar-refractivity contribution in [2.24, 2.45) is 0 Å². The Hall–Kier alpha value is -1.35. The van der Waals surface area contributed by atoms with Crippen LogP contribution in [0.2, 0.25) is 5.82 Å². The van der Waals surface area contributed by atoms with Crippen LogP contribution < -0.4 is 0 Å². The molecule has 27 heavy (non-hydrogen) atoms. The van der Waals surface area contributed by atoms with Gasteiger partial charge in [-0.3, -0.25) is 4.90 Å². The van der Waals surface area contributed by atoms with Gasteiger partial charge >= 0.3 is 7.12 Å². The number of nitriles is 1. The van der Waals surface area contributed by atoms with Crippen molar-refractivity contribution in [3.63, 3.8) is 0 Å². The van der Waals surface area contributed by atoms with Gasteiger partial charge in [0.05, 0.1) is 22.7 Å². The third-order valence-corrected chi connectivity index (χ3v) is 7.17. The van der Waals surface area contributed by atoms with Gasteiger partial charge in [0.25, 0.3) is 0 Å². The maximum atomic E-state index is 9.34. The molecule has 3 fully saturated rings. The SMILES string of the molecule is CC1(C)OB(C2CCN(Cc3ccc(C4(C#N)CC4)cc3)CC2)OC1(C)C. The van der Waals surface area contributed by atoms with Crippen LogP contribution in [-0.2, 0) is 21.3 Å². The summed E-state index contributed by atoms with van der Waals surface area (Å²) >= 11 is 0. The molecule has 2 heterocycles. The van der Waals surface area contributed by atoms with E-state index in [0.717, 1.165) is 45.3 Å². The van der Waals surface area contributed by atoms with Gasteiger partial charge in [-0.15, -0.1) is 0 Å². The molecule has 4 nitrogen and oxygen atoms in total. The average molecular weight is 366 g/mol. The molecule has 0 radical (unpaired) electrons. The first-order valence-corrected chi connectivity index (χ1v) is 10.3. The predicted molar refractivity (Wildman–Crippen MR) is 107 cm³/mol. The summed E-state index contributed by atoms with van der Waals surface area (Å²) in [6, 6.07) is 11.2. The van der Waals surface area contributed by atoms with Crippen LogP contribution in [0.4, 0.5) is 0 Å². The molecular formula is C22H31BN2O2. The summed E-state index contributed by atoms with van der Waals surface area (Å²) in [5.41, 5.74) is 1.87. The maximum Gasteiger partial charge on any atom is 0.461 e. The average Bonchev–Trinajstić information content (AvgIpc) is 3.39. The van der Waals surface area contributed by atoms with E-state index >= 15 is 0 Å². The Labute approximate surface area is 164 Å². The van der Waals surface area contributed by atoms with Crippen molar-refractivity contribution in [3.05, 3.63) is 35.4 Å². The quantitative estimate of drug-likeness (QED) is 0.746. The van der Waals surface area contributed by atoms with Gasteiger partial charge in [-0.25, -0.2) is 0 Å². The van der Waals surface area contributed by atoms with Crippen LogP contribution in [0.15, 0.2) is 24.3 Å². The summed E-state index contributed by atoms with van der Waals surface area (Å²) in [6.07, 6.45) is 4.25. The molecule has 0 amide bonds. The Balaban J connectivity index is 1.30. The zero-order valence-corrected chi connectivity index (χ0v) is 17.1. The minimum atomic E-state index is -0.237. The van der Waals surface area contributed by atoms with Crippen molar-refractivity contribution in [2.45, 2.75) is 82.4 Å². The molecule has 0 N–H and O–H groups in total.